The van der Waals surface area contributed by atoms with E-state index in [0.29, 0.717) is 17.1 Å². The third-order valence-corrected chi connectivity index (χ3v) is 6.93. The second-order valence-corrected chi connectivity index (χ2v) is 10.2. The van der Waals surface area contributed by atoms with E-state index in [2.05, 4.69) is 5.32 Å². The van der Waals surface area contributed by atoms with E-state index in [0.717, 1.165) is 4.31 Å². The highest BCUT2D eigenvalue weighted by molar-refractivity contribution is 7.89. The number of ether oxygens (including phenoxy) is 2. The molecule has 180 valence electrons. The molecule has 0 saturated carbocycles. The average molecular weight is 481 g/mol. The molecule has 4 N–H and O–H groups in total. The van der Waals surface area contributed by atoms with E-state index in [9.17, 15) is 28.5 Å². The van der Waals surface area contributed by atoms with Gasteiger partial charge in [-0.15, -0.1) is 0 Å². The molecule has 0 aliphatic carbocycles. The van der Waals surface area contributed by atoms with Crippen molar-refractivity contribution in [3.63, 3.8) is 0 Å². The molecule has 1 heterocycles. The van der Waals surface area contributed by atoms with Gasteiger partial charge in [-0.05, 0) is 42.2 Å². The Morgan fingerprint density at radius 3 is 2.39 bits per heavy atom. The van der Waals surface area contributed by atoms with Crippen LogP contribution in [0, 0.1) is 5.92 Å². The van der Waals surface area contributed by atoms with Crippen LogP contribution in [0.4, 0.5) is 4.79 Å². The van der Waals surface area contributed by atoms with Crippen molar-refractivity contribution in [1.29, 1.82) is 0 Å². The Balaban J connectivity index is 1.84. The number of aliphatic hydroxyl groups excluding tert-OH is 1. The first-order valence-corrected chi connectivity index (χ1v) is 11.9. The number of rotatable bonds is 10. The first kappa shape index (κ1) is 24.6. The number of hydrogen-bond donors (Lipinski definition) is 4. The van der Waals surface area contributed by atoms with Crippen molar-refractivity contribution in [1.82, 2.24) is 9.62 Å². The van der Waals surface area contributed by atoms with Crippen molar-refractivity contribution in [2.24, 2.45) is 5.92 Å². The lowest BCUT2D eigenvalue weighted by Gasteiger charge is -2.30. The minimum Gasteiger partial charge on any atom is -0.508 e. The van der Waals surface area contributed by atoms with Crippen LogP contribution < -0.4 is 14.8 Å². The maximum absolute atomic E-state index is 13.4. The minimum atomic E-state index is -4.02. The van der Waals surface area contributed by atoms with Crippen LogP contribution in [0.15, 0.2) is 47.4 Å². The maximum atomic E-state index is 13.4. The van der Waals surface area contributed by atoms with E-state index in [1.54, 1.807) is 12.1 Å². The first-order chi connectivity index (χ1) is 15.6. The summed E-state index contributed by atoms with van der Waals surface area (Å²) >= 11 is 0. The molecule has 0 aromatic heterocycles. The van der Waals surface area contributed by atoms with E-state index in [4.69, 9.17) is 9.47 Å². The number of carboxylic acid groups (broad SMARTS) is 1. The first-order valence-electron chi connectivity index (χ1n) is 10.4. The van der Waals surface area contributed by atoms with Crippen LogP contribution in [-0.2, 0) is 16.4 Å². The molecule has 33 heavy (non-hydrogen) atoms. The summed E-state index contributed by atoms with van der Waals surface area (Å²) in [6.07, 6.45) is -2.57. The van der Waals surface area contributed by atoms with Gasteiger partial charge in [0.1, 0.15) is 5.75 Å². The zero-order valence-corrected chi connectivity index (χ0v) is 19.2. The molecular formula is C22H28N2O8S. The van der Waals surface area contributed by atoms with Gasteiger partial charge < -0.3 is 30.1 Å². The molecule has 0 unspecified atom stereocenters. The summed E-state index contributed by atoms with van der Waals surface area (Å²) in [6, 6.07) is 9.44. The van der Waals surface area contributed by atoms with E-state index in [-0.39, 0.29) is 42.9 Å². The molecular weight excluding hydrogens is 452 g/mol. The van der Waals surface area contributed by atoms with Crippen molar-refractivity contribution < 1.29 is 38.0 Å². The smallest absolute Gasteiger partial charge is 0.404 e. The number of sulfonamides is 1. The number of amides is 1. The summed E-state index contributed by atoms with van der Waals surface area (Å²) in [7, 11) is -4.02. The highest BCUT2D eigenvalue weighted by Crippen LogP contribution is 2.34. The van der Waals surface area contributed by atoms with Crippen LogP contribution in [0.1, 0.15) is 19.4 Å². The van der Waals surface area contributed by atoms with Crippen LogP contribution in [0.25, 0.3) is 0 Å². The zero-order valence-electron chi connectivity index (χ0n) is 18.3. The van der Waals surface area contributed by atoms with Crippen molar-refractivity contribution in [2.45, 2.75) is 37.3 Å². The largest absolute Gasteiger partial charge is 0.508 e. The van der Waals surface area contributed by atoms with Gasteiger partial charge in [-0.3, -0.25) is 0 Å². The van der Waals surface area contributed by atoms with Crippen molar-refractivity contribution in [2.75, 3.05) is 19.9 Å². The Hall–Kier alpha value is -3.02. The van der Waals surface area contributed by atoms with Crippen LogP contribution in [0.2, 0.25) is 0 Å². The third-order valence-electron chi connectivity index (χ3n) is 5.11. The Morgan fingerprint density at radius 2 is 1.76 bits per heavy atom. The van der Waals surface area contributed by atoms with Gasteiger partial charge in [0.2, 0.25) is 16.8 Å². The number of aliphatic hydroxyl groups is 1. The van der Waals surface area contributed by atoms with Gasteiger partial charge in [-0.2, -0.15) is 4.31 Å². The zero-order chi connectivity index (χ0) is 24.2. The van der Waals surface area contributed by atoms with E-state index in [1.807, 2.05) is 13.8 Å². The number of phenols is 1. The topological polar surface area (TPSA) is 146 Å². The van der Waals surface area contributed by atoms with Gasteiger partial charge in [0, 0.05) is 19.2 Å². The molecule has 1 aliphatic rings. The van der Waals surface area contributed by atoms with E-state index in [1.165, 1.54) is 30.3 Å². The SMILES string of the molecule is CC(C)CN(C[C@@H](O)[C@H](Cc1ccc(O)cc1)NC(=O)O)S(=O)(=O)c1ccc2c(c1)OCO2. The standard InChI is InChI=1S/C22H28N2O8S/c1-14(2)11-24(33(29,30)17-7-8-20-21(10-17)32-13-31-20)12-19(26)18(23-22(27)28)9-15-3-5-16(25)6-4-15/h3-8,10,14,18-19,23,25-26H,9,11-13H2,1-2H3,(H,27,28)/t18-,19+/m0/s1. The molecule has 10 nitrogen and oxygen atoms in total. The molecule has 11 heteroatoms. The Kier molecular flexibility index (Phi) is 7.67. The number of phenolic OH excluding ortho intramolecular Hbond substituents is 1. The lowest BCUT2D eigenvalue weighted by atomic mass is 10.0. The fraction of sp³-hybridized carbons (Fsp3) is 0.409. The van der Waals surface area contributed by atoms with Gasteiger partial charge in [-0.1, -0.05) is 26.0 Å². The molecule has 1 aliphatic heterocycles. The summed E-state index contributed by atoms with van der Waals surface area (Å²) in [5.41, 5.74) is 0.666. The Bertz CT molecular complexity index is 1070. The van der Waals surface area contributed by atoms with Gasteiger partial charge in [0.15, 0.2) is 11.5 Å². The minimum absolute atomic E-state index is 0.00700. The second-order valence-electron chi connectivity index (χ2n) is 8.22. The number of fused-ring (bicyclic) bond motifs is 1. The average Bonchev–Trinajstić information content (AvgIpc) is 3.21. The predicted molar refractivity (Wildman–Crippen MR) is 119 cm³/mol. The second kappa shape index (κ2) is 10.3. The number of hydrogen-bond acceptors (Lipinski definition) is 7. The summed E-state index contributed by atoms with van der Waals surface area (Å²) in [4.78, 5) is 11.3. The summed E-state index contributed by atoms with van der Waals surface area (Å²) in [5, 5.41) is 31.9. The van der Waals surface area contributed by atoms with Gasteiger partial charge in [0.05, 0.1) is 17.0 Å². The van der Waals surface area contributed by atoms with Crippen LogP contribution in [0.3, 0.4) is 0 Å². The number of aromatic hydroxyl groups is 1. The van der Waals surface area contributed by atoms with Gasteiger partial charge in [0.25, 0.3) is 0 Å². The molecule has 0 radical (unpaired) electrons. The lowest BCUT2D eigenvalue weighted by Crippen LogP contribution is -2.50. The molecule has 2 atom stereocenters. The molecule has 3 rings (SSSR count). The van der Waals surface area contributed by atoms with Crippen molar-refractivity contribution in [3.05, 3.63) is 48.0 Å². The van der Waals surface area contributed by atoms with E-state index >= 15 is 0 Å². The summed E-state index contributed by atoms with van der Waals surface area (Å²) in [5.74, 6) is 0.770. The number of carbonyl (C=O) groups is 1. The fourth-order valence-electron chi connectivity index (χ4n) is 3.53. The molecule has 0 saturated heterocycles. The Morgan fingerprint density at radius 1 is 1.09 bits per heavy atom. The van der Waals surface area contributed by atoms with Crippen LogP contribution in [0.5, 0.6) is 17.2 Å². The van der Waals surface area contributed by atoms with Gasteiger partial charge >= 0.3 is 6.09 Å². The molecule has 1 amide bonds. The normalized spacial score (nSPS) is 14.9. The molecule has 0 bridgehead atoms. The Labute approximate surface area is 192 Å². The fourth-order valence-corrected chi connectivity index (χ4v) is 5.17. The van der Waals surface area contributed by atoms with Crippen LogP contribution >= 0.6 is 0 Å². The molecule has 0 spiro atoms. The summed E-state index contributed by atoms with van der Waals surface area (Å²) < 4.78 is 38.5. The highest BCUT2D eigenvalue weighted by Gasteiger charge is 2.32. The number of nitrogens with one attached hydrogen (secondary N) is 1. The quantitative estimate of drug-likeness (QED) is 0.404. The lowest BCUT2D eigenvalue weighted by molar-refractivity contribution is 0.0980. The van der Waals surface area contributed by atoms with Crippen molar-refractivity contribution in [3.8, 4) is 17.2 Å². The van der Waals surface area contributed by atoms with Crippen molar-refractivity contribution >= 4 is 16.1 Å². The van der Waals surface area contributed by atoms with E-state index < -0.39 is 28.3 Å². The van der Waals surface area contributed by atoms with Crippen LogP contribution in [-0.4, -0.2) is 66.2 Å². The maximum Gasteiger partial charge on any atom is 0.404 e. The molecule has 2 aromatic rings. The molecule has 2 aromatic carbocycles. The highest BCUT2D eigenvalue weighted by atomic mass is 32.2. The van der Waals surface area contributed by atoms with Gasteiger partial charge in [-0.25, -0.2) is 13.2 Å². The predicted octanol–water partition coefficient (Wildman–Crippen LogP) is 2.01. The molecule has 0 fully saturated rings. The third kappa shape index (κ3) is 6.28. The number of benzene rings is 2. The monoisotopic (exact) mass is 480 g/mol. The number of nitrogens with zero attached hydrogens (tertiary/aromatic N) is 1. The summed E-state index contributed by atoms with van der Waals surface area (Å²) in [6.45, 7) is 3.49.